The second-order valence-corrected chi connectivity index (χ2v) is 5.71. The maximum Gasteiger partial charge on any atom is 0.422 e. The van der Waals surface area contributed by atoms with Crippen molar-refractivity contribution in [2.75, 3.05) is 26.7 Å². The number of aromatic nitrogens is 1. The lowest BCUT2D eigenvalue weighted by molar-refractivity contribution is -0.154. The van der Waals surface area contributed by atoms with Crippen molar-refractivity contribution in [3.8, 4) is 5.88 Å². The number of nitrogens with zero attached hydrogens (tertiary/aromatic N) is 2. The summed E-state index contributed by atoms with van der Waals surface area (Å²) in [5, 5.41) is 5.42. The zero-order valence-electron chi connectivity index (χ0n) is 13.4. The molecule has 2 amide bonds. The molecule has 9 heteroatoms. The molecule has 0 aliphatic carbocycles. The lowest BCUT2D eigenvalue weighted by atomic mass is 10.1. The minimum atomic E-state index is -4.37. The summed E-state index contributed by atoms with van der Waals surface area (Å²) in [5.74, 6) is -0.0473. The molecule has 0 spiro atoms. The SMILES string of the molecule is CNC(=O)NC1CCCN(Cc2ccc(OCC(F)(F)F)nc2)C1. The second-order valence-electron chi connectivity index (χ2n) is 5.71. The van der Waals surface area contributed by atoms with Gasteiger partial charge in [0.1, 0.15) is 0 Å². The molecule has 24 heavy (non-hydrogen) atoms. The van der Waals surface area contributed by atoms with Crippen LogP contribution in [0.1, 0.15) is 18.4 Å². The lowest BCUT2D eigenvalue weighted by Crippen LogP contribution is -2.49. The number of likely N-dealkylation sites (tertiary alicyclic amines) is 1. The summed E-state index contributed by atoms with van der Waals surface area (Å²) in [6, 6.07) is 3.02. The fourth-order valence-corrected chi connectivity index (χ4v) is 2.58. The highest BCUT2D eigenvalue weighted by molar-refractivity contribution is 5.73. The highest BCUT2D eigenvalue weighted by Crippen LogP contribution is 2.18. The van der Waals surface area contributed by atoms with Crippen LogP contribution in [-0.4, -0.2) is 54.9 Å². The number of ether oxygens (including phenoxy) is 1. The van der Waals surface area contributed by atoms with Crippen LogP contribution in [0.4, 0.5) is 18.0 Å². The molecule has 1 aliphatic heterocycles. The number of carbonyl (C=O) groups excluding carboxylic acids is 1. The summed E-state index contributed by atoms with van der Waals surface area (Å²) in [7, 11) is 1.57. The molecule has 1 unspecified atom stereocenters. The van der Waals surface area contributed by atoms with Gasteiger partial charge < -0.3 is 15.4 Å². The van der Waals surface area contributed by atoms with E-state index in [1.165, 1.54) is 12.3 Å². The van der Waals surface area contributed by atoms with Gasteiger partial charge in [-0.3, -0.25) is 4.90 Å². The molecule has 2 rings (SSSR count). The average molecular weight is 346 g/mol. The molecule has 2 heterocycles. The Balaban J connectivity index is 1.83. The zero-order chi connectivity index (χ0) is 17.6. The number of amides is 2. The monoisotopic (exact) mass is 346 g/mol. The van der Waals surface area contributed by atoms with Gasteiger partial charge in [-0.2, -0.15) is 13.2 Å². The van der Waals surface area contributed by atoms with E-state index < -0.39 is 12.8 Å². The highest BCUT2D eigenvalue weighted by atomic mass is 19.4. The quantitative estimate of drug-likeness (QED) is 0.855. The molecule has 2 N–H and O–H groups in total. The molecular formula is C15H21F3N4O2. The summed E-state index contributed by atoms with van der Waals surface area (Å²) in [6.07, 6.45) is -0.969. The van der Waals surface area contributed by atoms with Crippen LogP contribution in [0.5, 0.6) is 5.88 Å². The second kappa shape index (κ2) is 8.18. The molecule has 1 saturated heterocycles. The number of alkyl halides is 3. The topological polar surface area (TPSA) is 66.5 Å². The molecule has 0 saturated carbocycles. The zero-order valence-corrected chi connectivity index (χ0v) is 13.4. The summed E-state index contributed by atoms with van der Waals surface area (Å²) in [6.45, 7) is 0.898. The molecule has 0 radical (unpaired) electrons. The number of hydrogen-bond donors (Lipinski definition) is 2. The van der Waals surface area contributed by atoms with Gasteiger partial charge in [0.15, 0.2) is 6.61 Å². The number of carbonyl (C=O) groups is 1. The van der Waals surface area contributed by atoms with E-state index in [-0.39, 0.29) is 18.0 Å². The fourth-order valence-electron chi connectivity index (χ4n) is 2.58. The predicted molar refractivity (Wildman–Crippen MR) is 81.7 cm³/mol. The van der Waals surface area contributed by atoms with Crippen molar-refractivity contribution in [2.45, 2.75) is 31.6 Å². The van der Waals surface area contributed by atoms with E-state index in [1.807, 2.05) is 0 Å². The van der Waals surface area contributed by atoms with Crippen LogP contribution >= 0.6 is 0 Å². The first kappa shape index (κ1) is 18.3. The number of piperidine rings is 1. The van der Waals surface area contributed by atoms with E-state index in [2.05, 4.69) is 25.3 Å². The van der Waals surface area contributed by atoms with Crippen LogP contribution in [0.25, 0.3) is 0 Å². The predicted octanol–water partition coefficient (Wildman–Crippen LogP) is 1.92. The first-order valence-corrected chi connectivity index (χ1v) is 7.71. The van der Waals surface area contributed by atoms with Crippen molar-refractivity contribution < 1.29 is 22.7 Å². The molecule has 1 atom stereocenters. The van der Waals surface area contributed by atoms with Gasteiger partial charge in [-0.15, -0.1) is 0 Å². The Kier molecular flexibility index (Phi) is 6.24. The Hall–Kier alpha value is -2.03. The van der Waals surface area contributed by atoms with E-state index in [0.29, 0.717) is 6.54 Å². The van der Waals surface area contributed by atoms with Crippen molar-refractivity contribution >= 4 is 6.03 Å². The van der Waals surface area contributed by atoms with Gasteiger partial charge >= 0.3 is 12.2 Å². The molecule has 1 aromatic rings. The Labute approximate surface area is 138 Å². The third-order valence-corrected chi connectivity index (χ3v) is 3.66. The first-order chi connectivity index (χ1) is 11.4. The number of pyridine rings is 1. The van der Waals surface area contributed by atoms with E-state index in [1.54, 1.807) is 13.1 Å². The van der Waals surface area contributed by atoms with Crippen molar-refractivity contribution in [1.29, 1.82) is 0 Å². The summed E-state index contributed by atoms with van der Waals surface area (Å²) in [5.41, 5.74) is 0.884. The molecule has 1 aliphatic rings. The van der Waals surface area contributed by atoms with Crippen LogP contribution in [0, 0.1) is 0 Å². The smallest absolute Gasteiger partial charge is 0.422 e. The van der Waals surface area contributed by atoms with Crippen molar-refractivity contribution in [3.05, 3.63) is 23.9 Å². The van der Waals surface area contributed by atoms with Gasteiger partial charge in [-0.05, 0) is 24.9 Å². The molecule has 6 nitrogen and oxygen atoms in total. The maximum atomic E-state index is 12.1. The van der Waals surface area contributed by atoms with Gasteiger partial charge in [0.2, 0.25) is 5.88 Å². The van der Waals surface area contributed by atoms with E-state index in [9.17, 15) is 18.0 Å². The van der Waals surface area contributed by atoms with Crippen molar-refractivity contribution in [2.24, 2.45) is 0 Å². The number of urea groups is 1. The first-order valence-electron chi connectivity index (χ1n) is 7.71. The number of hydrogen-bond acceptors (Lipinski definition) is 4. The maximum absolute atomic E-state index is 12.1. The normalized spacial score (nSPS) is 18.9. The molecule has 0 aromatic carbocycles. The Bertz CT molecular complexity index is 537. The van der Waals surface area contributed by atoms with Gasteiger partial charge in [-0.25, -0.2) is 9.78 Å². The number of rotatable bonds is 5. The Morgan fingerprint density at radius 1 is 1.46 bits per heavy atom. The highest BCUT2D eigenvalue weighted by Gasteiger charge is 2.28. The minimum absolute atomic E-state index is 0.0473. The lowest BCUT2D eigenvalue weighted by Gasteiger charge is -2.33. The molecule has 1 aromatic heterocycles. The van der Waals surface area contributed by atoms with Crippen LogP contribution in [0.2, 0.25) is 0 Å². The summed E-state index contributed by atoms with van der Waals surface area (Å²) in [4.78, 5) is 17.4. The number of halogens is 3. The Morgan fingerprint density at radius 2 is 2.25 bits per heavy atom. The third-order valence-electron chi connectivity index (χ3n) is 3.66. The van der Waals surface area contributed by atoms with Gasteiger partial charge in [0, 0.05) is 38.4 Å². The third kappa shape index (κ3) is 6.23. The molecule has 0 bridgehead atoms. The van der Waals surface area contributed by atoms with Gasteiger partial charge in [0.25, 0.3) is 0 Å². The van der Waals surface area contributed by atoms with E-state index in [0.717, 1.165) is 31.5 Å². The van der Waals surface area contributed by atoms with E-state index in [4.69, 9.17) is 0 Å². The minimum Gasteiger partial charge on any atom is -0.468 e. The molecule has 134 valence electrons. The largest absolute Gasteiger partial charge is 0.468 e. The number of nitrogens with one attached hydrogen (secondary N) is 2. The standard InChI is InChI=1S/C15H21F3N4O2/c1-19-14(23)21-12-3-2-6-22(9-12)8-11-4-5-13(20-7-11)24-10-15(16,17)18/h4-5,7,12H,2-3,6,8-10H2,1H3,(H2,19,21,23). The fraction of sp³-hybridized carbons (Fsp3) is 0.600. The van der Waals surface area contributed by atoms with Gasteiger partial charge in [-0.1, -0.05) is 6.07 Å². The van der Waals surface area contributed by atoms with Crippen LogP contribution < -0.4 is 15.4 Å². The van der Waals surface area contributed by atoms with Crippen LogP contribution in [0.3, 0.4) is 0 Å². The molecular weight excluding hydrogens is 325 g/mol. The van der Waals surface area contributed by atoms with E-state index >= 15 is 0 Å². The van der Waals surface area contributed by atoms with Crippen LogP contribution in [-0.2, 0) is 6.54 Å². The summed E-state index contributed by atoms with van der Waals surface area (Å²) < 4.78 is 40.8. The summed E-state index contributed by atoms with van der Waals surface area (Å²) >= 11 is 0. The van der Waals surface area contributed by atoms with Crippen LogP contribution in [0.15, 0.2) is 18.3 Å². The van der Waals surface area contributed by atoms with Crippen molar-refractivity contribution in [3.63, 3.8) is 0 Å². The average Bonchev–Trinajstić information content (AvgIpc) is 2.54. The Morgan fingerprint density at radius 3 is 2.88 bits per heavy atom. The van der Waals surface area contributed by atoms with Gasteiger partial charge in [0.05, 0.1) is 0 Å². The van der Waals surface area contributed by atoms with Crippen molar-refractivity contribution in [1.82, 2.24) is 20.5 Å². The molecule has 1 fully saturated rings.